The summed E-state index contributed by atoms with van der Waals surface area (Å²) < 4.78 is 2.86. The highest BCUT2D eigenvalue weighted by atomic mass is 79.9. The van der Waals surface area contributed by atoms with Crippen molar-refractivity contribution in [3.8, 4) is 0 Å². The molecule has 0 spiro atoms. The number of tetrazole rings is 1. The molecule has 0 radical (unpaired) electrons. The van der Waals surface area contributed by atoms with Crippen molar-refractivity contribution in [2.45, 2.75) is 38.9 Å². The molecular weight excluding hydrogens is 444 g/mol. The largest absolute Gasteiger partial charge is 0.349 e. The molecule has 2 heterocycles. The van der Waals surface area contributed by atoms with Gasteiger partial charge in [-0.3, -0.25) is 4.79 Å². The van der Waals surface area contributed by atoms with Crippen molar-refractivity contribution in [1.82, 2.24) is 25.5 Å². The molecule has 1 aliphatic heterocycles. The molecule has 1 aromatic heterocycles. The van der Waals surface area contributed by atoms with Crippen LogP contribution in [-0.4, -0.2) is 45.2 Å². The number of nitrogens with zero attached hydrogens (tertiary/aromatic N) is 4. The minimum Gasteiger partial charge on any atom is -0.349 e. The molecule has 1 fully saturated rings. The third-order valence-corrected chi connectivity index (χ3v) is 6.13. The highest BCUT2D eigenvalue weighted by molar-refractivity contribution is 9.10. The molecule has 1 amide bonds. The Morgan fingerprint density at radius 1 is 1.13 bits per heavy atom. The Balaban J connectivity index is 1.28. The SMILES string of the molecule is Cc1ccc(Cn2nnnc2C[NH+]2CCC(NC(=O)c3ccc(Br)cc3)CC2)cc1. The van der Waals surface area contributed by atoms with E-state index in [9.17, 15) is 4.79 Å². The Labute approximate surface area is 184 Å². The quantitative estimate of drug-likeness (QED) is 0.576. The van der Waals surface area contributed by atoms with E-state index in [1.807, 2.05) is 28.9 Å². The lowest BCUT2D eigenvalue weighted by Crippen LogP contribution is -3.12. The summed E-state index contributed by atoms with van der Waals surface area (Å²) in [5.74, 6) is 0.904. The Kier molecular flexibility index (Phi) is 6.54. The monoisotopic (exact) mass is 469 g/mol. The third kappa shape index (κ3) is 5.31. The smallest absolute Gasteiger partial charge is 0.251 e. The number of amides is 1. The van der Waals surface area contributed by atoms with Crippen LogP contribution in [0.2, 0.25) is 0 Å². The second-order valence-corrected chi connectivity index (χ2v) is 8.84. The minimum absolute atomic E-state index is 0.00186. The first-order valence-corrected chi connectivity index (χ1v) is 11.1. The first-order valence-electron chi connectivity index (χ1n) is 10.3. The minimum atomic E-state index is -0.00186. The average molecular weight is 470 g/mol. The van der Waals surface area contributed by atoms with E-state index in [4.69, 9.17) is 0 Å². The summed E-state index contributed by atoms with van der Waals surface area (Å²) in [6.45, 7) is 5.54. The molecule has 2 aromatic carbocycles. The molecule has 30 heavy (non-hydrogen) atoms. The van der Waals surface area contributed by atoms with Gasteiger partial charge in [0.25, 0.3) is 5.91 Å². The third-order valence-electron chi connectivity index (χ3n) is 5.60. The van der Waals surface area contributed by atoms with Gasteiger partial charge in [-0.15, -0.1) is 5.10 Å². The fourth-order valence-electron chi connectivity index (χ4n) is 3.78. The summed E-state index contributed by atoms with van der Waals surface area (Å²) in [7, 11) is 0. The fourth-order valence-corrected chi connectivity index (χ4v) is 4.04. The molecule has 4 rings (SSSR count). The van der Waals surface area contributed by atoms with Crippen molar-refractivity contribution >= 4 is 21.8 Å². The Hall–Kier alpha value is -2.58. The number of aryl methyl sites for hydroxylation is 1. The number of piperidine rings is 1. The molecule has 156 valence electrons. The number of likely N-dealkylation sites (tertiary alicyclic amines) is 1. The van der Waals surface area contributed by atoms with Crippen LogP contribution in [-0.2, 0) is 13.1 Å². The van der Waals surface area contributed by atoms with Crippen LogP contribution in [0.3, 0.4) is 0 Å². The molecule has 1 aliphatic rings. The van der Waals surface area contributed by atoms with Crippen LogP contribution >= 0.6 is 15.9 Å². The fraction of sp³-hybridized carbons (Fsp3) is 0.364. The van der Waals surface area contributed by atoms with E-state index < -0.39 is 0 Å². The molecule has 0 atom stereocenters. The molecule has 0 aliphatic carbocycles. The predicted octanol–water partition coefficient (Wildman–Crippen LogP) is 1.77. The van der Waals surface area contributed by atoms with Crippen LogP contribution < -0.4 is 10.2 Å². The zero-order chi connectivity index (χ0) is 20.9. The molecular formula is C22H26BrN6O+. The lowest BCUT2D eigenvalue weighted by molar-refractivity contribution is -0.919. The summed E-state index contributed by atoms with van der Waals surface area (Å²) >= 11 is 3.40. The van der Waals surface area contributed by atoms with Gasteiger partial charge in [0.05, 0.1) is 19.6 Å². The second kappa shape index (κ2) is 9.49. The Bertz CT molecular complexity index is 978. The molecule has 0 bridgehead atoms. The predicted molar refractivity (Wildman–Crippen MR) is 117 cm³/mol. The van der Waals surface area contributed by atoms with E-state index in [0.29, 0.717) is 12.1 Å². The summed E-state index contributed by atoms with van der Waals surface area (Å²) in [5.41, 5.74) is 3.14. The lowest BCUT2D eigenvalue weighted by atomic mass is 10.0. The van der Waals surface area contributed by atoms with Gasteiger partial charge < -0.3 is 10.2 Å². The van der Waals surface area contributed by atoms with Crippen molar-refractivity contribution in [1.29, 1.82) is 0 Å². The van der Waals surface area contributed by atoms with Gasteiger partial charge in [0.1, 0.15) is 6.54 Å². The van der Waals surface area contributed by atoms with Crippen LogP contribution in [0.1, 0.15) is 40.2 Å². The van der Waals surface area contributed by atoms with Crippen molar-refractivity contribution in [2.75, 3.05) is 13.1 Å². The normalized spacial score (nSPS) is 18.9. The number of rotatable bonds is 6. The first kappa shape index (κ1) is 20.7. The summed E-state index contributed by atoms with van der Waals surface area (Å²) in [4.78, 5) is 13.9. The van der Waals surface area contributed by atoms with Crippen LogP contribution in [0.25, 0.3) is 0 Å². The van der Waals surface area contributed by atoms with E-state index in [1.165, 1.54) is 16.0 Å². The number of hydrogen-bond acceptors (Lipinski definition) is 4. The zero-order valence-electron chi connectivity index (χ0n) is 17.0. The first-order chi connectivity index (χ1) is 14.6. The van der Waals surface area contributed by atoms with Crippen LogP contribution in [0, 0.1) is 6.92 Å². The van der Waals surface area contributed by atoms with E-state index in [-0.39, 0.29) is 11.9 Å². The van der Waals surface area contributed by atoms with Gasteiger partial charge >= 0.3 is 0 Å². The maximum absolute atomic E-state index is 12.4. The van der Waals surface area contributed by atoms with Gasteiger partial charge in [-0.25, -0.2) is 4.68 Å². The number of carbonyl (C=O) groups excluding carboxylic acids is 1. The van der Waals surface area contributed by atoms with E-state index in [2.05, 4.69) is 68.0 Å². The van der Waals surface area contributed by atoms with Crippen molar-refractivity contribution in [2.24, 2.45) is 0 Å². The highest BCUT2D eigenvalue weighted by Gasteiger charge is 2.25. The highest BCUT2D eigenvalue weighted by Crippen LogP contribution is 2.11. The number of hydrogen-bond donors (Lipinski definition) is 2. The number of aromatic nitrogens is 4. The van der Waals surface area contributed by atoms with Crippen molar-refractivity contribution in [3.05, 3.63) is 75.5 Å². The molecule has 3 aromatic rings. The van der Waals surface area contributed by atoms with Crippen LogP contribution in [0.4, 0.5) is 0 Å². The summed E-state index contributed by atoms with van der Waals surface area (Å²) in [6, 6.07) is 16.1. The number of quaternary nitrogens is 1. The lowest BCUT2D eigenvalue weighted by Gasteiger charge is -2.29. The molecule has 7 nitrogen and oxygen atoms in total. The van der Waals surface area contributed by atoms with Gasteiger partial charge in [0.15, 0.2) is 0 Å². The Morgan fingerprint density at radius 3 is 2.53 bits per heavy atom. The average Bonchev–Trinajstić information content (AvgIpc) is 3.18. The van der Waals surface area contributed by atoms with Crippen molar-refractivity contribution in [3.63, 3.8) is 0 Å². The number of carbonyl (C=O) groups is 1. The molecule has 0 saturated carbocycles. The second-order valence-electron chi connectivity index (χ2n) is 7.92. The Morgan fingerprint density at radius 2 is 1.83 bits per heavy atom. The summed E-state index contributed by atoms with van der Waals surface area (Å²) in [5, 5.41) is 15.5. The maximum Gasteiger partial charge on any atom is 0.251 e. The van der Waals surface area contributed by atoms with E-state index in [1.54, 1.807) is 0 Å². The van der Waals surface area contributed by atoms with Crippen LogP contribution in [0.15, 0.2) is 53.0 Å². The zero-order valence-corrected chi connectivity index (χ0v) is 18.6. The van der Waals surface area contributed by atoms with Gasteiger partial charge in [-0.05, 0) is 47.2 Å². The molecule has 2 N–H and O–H groups in total. The maximum atomic E-state index is 12.4. The number of benzene rings is 2. The number of nitrogens with one attached hydrogen (secondary N) is 2. The van der Waals surface area contributed by atoms with E-state index >= 15 is 0 Å². The standard InChI is InChI=1S/C22H25BrN6O/c1-16-2-4-17(5-3-16)14-29-21(25-26-27-29)15-28-12-10-20(11-13-28)24-22(30)18-6-8-19(23)9-7-18/h2-9,20H,10-15H2,1H3,(H,24,30)/p+1. The molecule has 1 saturated heterocycles. The number of halogens is 1. The van der Waals surface area contributed by atoms with Gasteiger partial charge in [-0.1, -0.05) is 45.8 Å². The van der Waals surface area contributed by atoms with Gasteiger partial charge in [0, 0.05) is 28.9 Å². The molecule has 0 unspecified atom stereocenters. The van der Waals surface area contributed by atoms with Gasteiger partial charge in [-0.2, -0.15) is 0 Å². The topological polar surface area (TPSA) is 77.1 Å². The van der Waals surface area contributed by atoms with Crippen LogP contribution in [0.5, 0.6) is 0 Å². The summed E-state index contributed by atoms with van der Waals surface area (Å²) in [6.07, 6.45) is 1.91. The molecule has 8 heteroatoms. The van der Waals surface area contributed by atoms with Gasteiger partial charge in [0.2, 0.25) is 5.82 Å². The van der Waals surface area contributed by atoms with E-state index in [0.717, 1.165) is 42.8 Å². The van der Waals surface area contributed by atoms with Crippen molar-refractivity contribution < 1.29 is 9.69 Å².